The molecule has 0 radical (unpaired) electrons. The van der Waals surface area contributed by atoms with Crippen molar-refractivity contribution in [1.29, 1.82) is 0 Å². The van der Waals surface area contributed by atoms with Gasteiger partial charge in [0.1, 0.15) is 17.3 Å². The maximum atomic E-state index is 13.9. The number of hydrogen-bond acceptors (Lipinski definition) is 5. The molecular weight excluding hydrogens is 497 g/mol. The number of aromatic amines is 1. The molecule has 1 atom stereocenters. The number of aliphatic hydroxyl groups excluding tert-OH is 1. The first-order valence-corrected chi connectivity index (χ1v) is 12.8. The van der Waals surface area contributed by atoms with Crippen LogP contribution in [0, 0.1) is 12.7 Å². The Hall–Kier alpha value is -4.46. The van der Waals surface area contributed by atoms with Crippen LogP contribution in [0.1, 0.15) is 56.0 Å². The van der Waals surface area contributed by atoms with Gasteiger partial charge in [-0.3, -0.25) is 14.5 Å². The van der Waals surface area contributed by atoms with E-state index in [2.05, 4.69) is 30.7 Å². The lowest BCUT2D eigenvalue weighted by Gasteiger charge is -2.25. The highest BCUT2D eigenvalue weighted by molar-refractivity contribution is 6.51. The van der Waals surface area contributed by atoms with Gasteiger partial charge in [0.05, 0.1) is 29.3 Å². The number of ether oxygens (including phenoxy) is 1. The summed E-state index contributed by atoms with van der Waals surface area (Å²) >= 11 is 0. The van der Waals surface area contributed by atoms with Crippen LogP contribution in [0.25, 0.3) is 16.8 Å². The first kappa shape index (κ1) is 26.2. The van der Waals surface area contributed by atoms with Crippen LogP contribution < -0.4 is 9.64 Å². The molecule has 1 fully saturated rings. The fourth-order valence-corrected chi connectivity index (χ4v) is 4.88. The normalized spacial score (nSPS) is 17.3. The predicted octanol–water partition coefficient (Wildman–Crippen LogP) is 6.33. The summed E-state index contributed by atoms with van der Waals surface area (Å²) in [6.45, 7) is 10.5. The number of benzene rings is 3. The standard InChI is InChI=1S/C31H30FN3O4/c1-6-39-24-14-9-19(15-17(24)2)27(36)25-26(18-7-10-20(11-8-18)31(3,4)5)35(29(38)28(25)37)30-33-22-13-12-21(32)16-23(22)34-30/h7-16,26,36H,6H2,1-5H3,(H,33,34)/b27-25+. The Morgan fingerprint density at radius 1 is 1.08 bits per heavy atom. The van der Waals surface area contributed by atoms with Crippen LogP contribution in [-0.2, 0) is 15.0 Å². The number of nitrogens with one attached hydrogen (secondary N) is 1. The number of carbonyl (C=O) groups excluding carboxylic acids is 2. The second-order valence-electron chi connectivity index (χ2n) is 10.7. The third kappa shape index (κ3) is 4.67. The van der Waals surface area contributed by atoms with Crippen molar-refractivity contribution in [3.05, 3.63) is 94.3 Å². The van der Waals surface area contributed by atoms with Gasteiger partial charge < -0.3 is 14.8 Å². The third-order valence-corrected chi connectivity index (χ3v) is 6.94. The fraction of sp³-hybridized carbons (Fsp3) is 0.258. The highest BCUT2D eigenvalue weighted by atomic mass is 19.1. The van der Waals surface area contributed by atoms with Gasteiger partial charge in [-0.25, -0.2) is 9.37 Å². The van der Waals surface area contributed by atoms with E-state index in [0.29, 0.717) is 34.5 Å². The van der Waals surface area contributed by atoms with E-state index in [1.807, 2.05) is 38.1 Å². The van der Waals surface area contributed by atoms with Gasteiger partial charge in [-0.05, 0) is 72.4 Å². The molecule has 4 aromatic rings. The van der Waals surface area contributed by atoms with Gasteiger partial charge in [0, 0.05) is 5.56 Å². The van der Waals surface area contributed by atoms with Gasteiger partial charge >= 0.3 is 5.91 Å². The maximum absolute atomic E-state index is 13.9. The molecule has 200 valence electrons. The topological polar surface area (TPSA) is 95.5 Å². The average Bonchev–Trinajstić information content (AvgIpc) is 3.42. The first-order chi connectivity index (χ1) is 18.5. The molecule has 7 nitrogen and oxygen atoms in total. The minimum absolute atomic E-state index is 0.0568. The largest absolute Gasteiger partial charge is 0.507 e. The van der Waals surface area contributed by atoms with Gasteiger partial charge in [-0.1, -0.05) is 45.0 Å². The monoisotopic (exact) mass is 527 g/mol. The Balaban J connectivity index is 1.70. The van der Waals surface area contributed by atoms with Crippen LogP contribution in [-0.4, -0.2) is 33.4 Å². The van der Waals surface area contributed by atoms with Crippen LogP contribution in [0.3, 0.4) is 0 Å². The summed E-state index contributed by atoms with van der Waals surface area (Å²) in [6.07, 6.45) is 0. The molecule has 0 aliphatic carbocycles. The summed E-state index contributed by atoms with van der Waals surface area (Å²) in [5.74, 6) is -1.68. The summed E-state index contributed by atoms with van der Waals surface area (Å²) < 4.78 is 19.5. The quantitative estimate of drug-likeness (QED) is 0.180. The van der Waals surface area contributed by atoms with Crippen molar-refractivity contribution < 1.29 is 23.8 Å². The molecule has 3 aromatic carbocycles. The molecule has 1 aromatic heterocycles. The Morgan fingerprint density at radius 3 is 2.44 bits per heavy atom. The summed E-state index contributed by atoms with van der Waals surface area (Å²) in [4.78, 5) is 35.7. The van der Waals surface area contributed by atoms with E-state index in [1.54, 1.807) is 18.2 Å². The second-order valence-corrected chi connectivity index (χ2v) is 10.7. The first-order valence-electron chi connectivity index (χ1n) is 12.8. The highest BCUT2D eigenvalue weighted by Gasteiger charge is 2.48. The minimum Gasteiger partial charge on any atom is -0.507 e. The predicted molar refractivity (Wildman–Crippen MR) is 148 cm³/mol. The summed E-state index contributed by atoms with van der Waals surface area (Å²) in [5.41, 5.74) is 3.52. The van der Waals surface area contributed by atoms with Crippen molar-refractivity contribution in [2.75, 3.05) is 11.5 Å². The molecule has 1 unspecified atom stereocenters. The zero-order valence-electron chi connectivity index (χ0n) is 22.5. The number of anilines is 1. The van der Waals surface area contributed by atoms with Gasteiger partial charge in [0.2, 0.25) is 5.95 Å². The number of ketones is 1. The van der Waals surface area contributed by atoms with Crippen LogP contribution in [0.4, 0.5) is 10.3 Å². The molecule has 8 heteroatoms. The SMILES string of the molecule is CCOc1ccc(/C(O)=C2\C(=O)C(=O)N(c3nc4ccc(F)cc4[nH]3)C2c2ccc(C(C)(C)C)cc2)cc1C. The van der Waals surface area contributed by atoms with Gasteiger partial charge in [-0.2, -0.15) is 0 Å². The molecule has 2 heterocycles. The molecule has 0 saturated carbocycles. The highest BCUT2D eigenvalue weighted by Crippen LogP contribution is 2.42. The molecule has 0 bridgehead atoms. The van der Waals surface area contributed by atoms with Crippen molar-refractivity contribution in [2.45, 2.75) is 46.1 Å². The molecular formula is C31H30FN3O4. The number of aliphatic hydroxyl groups is 1. The average molecular weight is 528 g/mol. The van der Waals surface area contributed by atoms with E-state index in [4.69, 9.17) is 4.74 Å². The van der Waals surface area contributed by atoms with Crippen LogP contribution in [0.2, 0.25) is 0 Å². The van der Waals surface area contributed by atoms with Crippen molar-refractivity contribution in [3.63, 3.8) is 0 Å². The van der Waals surface area contributed by atoms with Gasteiger partial charge in [0.25, 0.3) is 5.78 Å². The lowest BCUT2D eigenvalue weighted by atomic mass is 9.85. The Morgan fingerprint density at radius 2 is 1.79 bits per heavy atom. The number of rotatable bonds is 5. The Bertz CT molecular complexity index is 1630. The van der Waals surface area contributed by atoms with Gasteiger partial charge in [-0.15, -0.1) is 0 Å². The number of Topliss-reactive ketones (excluding diaryl/α,β-unsaturated/α-hetero) is 1. The smallest absolute Gasteiger partial charge is 0.302 e. The number of amides is 1. The molecule has 0 spiro atoms. The lowest BCUT2D eigenvalue weighted by Crippen LogP contribution is -2.30. The molecule has 1 saturated heterocycles. The molecule has 1 aliphatic rings. The zero-order chi connectivity index (χ0) is 28.1. The lowest BCUT2D eigenvalue weighted by molar-refractivity contribution is -0.132. The number of imidazole rings is 1. The van der Waals surface area contributed by atoms with Crippen molar-refractivity contribution in [1.82, 2.24) is 9.97 Å². The number of aromatic nitrogens is 2. The van der Waals surface area contributed by atoms with Crippen LogP contribution >= 0.6 is 0 Å². The second kappa shape index (κ2) is 9.69. The van der Waals surface area contributed by atoms with Crippen molar-refractivity contribution in [3.8, 4) is 5.75 Å². The van der Waals surface area contributed by atoms with E-state index in [-0.39, 0.29) is 22.7 Å². The van der Waals surface area contributed by atoms with Crippen LogP contribution in [0.5, 0.6) is 5.75 Å². The fourth-order valence-electron chi connectivity index (χ4n) is 4.88. The molecule has 5 rings (SSSR count). The summed E-state index contributed by atoms with van der Waals surface area (Å²) in [7, 11) is 0. The van der Waals surface area contributed by atoms with E-state index < -0.39 is 23.5 Å². The Kier molecular flexibility index (Phi) is 6.50. The maximum Gasteiger partial charge on any atom is 0.302 e. The number of aryl methyl sites for hydroxylation is 1. The van der Waals surface area contributed by atoms with E-state index >= 15 is 0 Å². The van der Waals surface area contributed by atoms with Crippen molar-refractivity contribution >= 4 is 34.4 Å². The summed E-state index contributed by atoms with van der Waals surface area (Å²) in [6, 6.07) is 15.8. The third-order valence-electron chi connectivity index (χ3n) is 6.94. The number of halogens is 1. The van der Waals surface area contributed by atoms with E-state index in [0.717, 1.165) is 11.1 Å². The Labute approximate surface area is 225 Å². The summed E-state index contributed by atoms with van der Waals surface area (Å²) in [5, 5.41) is 11.5. The molecule has 39 heavy (non-hydrogen) atoms. The molecule has 1 amide bonds. The number of nitrogens with zero attached hydrogens (tertiary/aromatic N) is 2. The zero-order valence-corrected chi connectivity index (χ0v) is 22.5. The van der Waals surface area contributed by atoms with Gasteiger partial charge in [0.15, 0.2) is 0 Å². The molecule has 1 aliphatic heterocycles. The number of H-pyrrole nitrogens is 1. The number of fused-ring (bicyclic) bond motifs is 1. The van der Waals surface area contributed by atoms with E-state index in [1.165, 1.54) is 23.1 Å². The molecule has 2 N–H and O–H groups in total. The minimum atomic E-state index is -0.962. The van der Waals surface area contributed by atoms with Crippen LogP contribution in [0.15, 0.2) is 66.2 Å². The number of carbonyl (C=O) groups is 2. The van der Waals surface area contributed by atoms with E-state index in [9.17, 15) is 19.1 Å². The number of hydrogen-bond donors (Lipinski definition) is 2. The van der Waals surface area contributed by atoms with Crippen molar-refractivity contribution in [2.24, 2.45) is 0 Å².